The van der Waals surface area contributed by atoms with Crippen molar-refractivity contribution in [2.45, 2.75) is 32.4 Å². The largest absolute Gasteiger partial charge is 0.329 e. The molecular weight excluding hydrogens is 244 g/mol. The fourth-order valence-electron chi connectivity index (χ4n) is 2.31. The number of hydrogen-bond donors (Lipinski definition) is 1. The summed E-state index contributed by atoms with van der Waals surface area (Å²) in [5.74, 6) is 0. The van der Waals surface area contributed by atoms with E-state index in [-0.39, 0.29) is 0 Å². The molecule has 3 rings (SSSR count). The van der Waals surface area contributed by atoms with Crippen LogP contribution in [-0.2, 0) is 6.54 Å². The molecule has 18 heavy (non-hydrogen) atoms. The number of pyridine rings is 1. The molecule has 2 aromatic heterocycles. The molecule has 1 aliphatic rings. The van der Waals surface area contributed by atoms with E-state index in [9.17, 15) is 0 Å². The molecule has 0 bridgehead atoms. The van der Waals surface area contributed by atoms with Crippen molar-refractivity contribution < 1.29 is 0 Å². The van der Waals surface area contributed by atoms with Crippen molar-refractivity contribution in [2.75, 3.05) is 13.6 Å². The third-order valence-electron chi connectivity index (χ3n) is 3.59. The van der Waals surface area contributed by atoms with Crippen LogP contribution >= 0.6 is 12.2 Å². The van der Waals surface area contributed by atoms with E-state index in [1.165, 1.54) is 12.8 Å². The van der Waals surface area contributed by atoms with E-state index in [1.807, 2.05) is 13.1 Å². The normalized spacial score (nSPS) is 15.7. The number of aryl methyl sites for hydroxylation is 1. The quantitative estimate of drug-likeness (QED) is 0.860. The van der Waals surface area contributed by atoms with Gasteiger partial charge in [-0.15, -0.1) is 0 Å². The highest BCUT2D eigenvalue weighted by Gasteiger charge is 2.25. The molecule has 0 spiro atoms. The average Bonchev–Trinajstić information content (AvgIpc) is 3.11. The SMILES string of the molecule is Cc1cnc2c(c1)[nH]c(=S)n2CCN(C)C1CC1. The molecule has 1 saturated carbocycles. The minimum Gasteiger partial charge on any atom is -0.329 e. The van der Waals surface area contributed by atoms with E-state index < -0.39 is 0 Å². The molecular formula is C13H18N4S. The van der Waals surface area contributed by atoms with Crippen molar-refractivity contribution in [1.29, 1.82) is 0 Å². The summed E-state index contributed by atoms with van der Waals surface area (Å²) in [6, 6.07) is 2.89. The lowest BCUT2D eigenvalue weighted by atomic mass is 10.3. The lowest BCUT2D eigenvalue weighted by Gasteiger charge is -2.15. The number of imidazole rings is 1. The Hall–Kier alpha value is -1.20. The van der Waals surface area contributed by atoms with Gasteiger partial charge in [-0.05, 0) is 50.7 Å². The fraction of sp³-hybridized carbons (Fsp3) is 0.538. The van der Waals surface area contributed by atoms with Crippen molar-refractivity contribution >= 4 is 23.4 Å². The van der Waals surface area contributed by atoms with Gasteiger partial charge in [-0.1, -0.05) is 0 Å². The number of aromatic amines is 1. The van der Waals surface area contributed by atoms with Crippen molar-refractivity contribution in [3.8, 4) is 0 Å². The topological polar surface area (TPSA) is 36.9 Å². The second-order valence-electron chi connectivity index (χ2n) is 5.18. The van der Waals surface area contributed by atoms with Gasteiger partial charge >= 0.3 is 0 Å². The van der Waals surface area contributed by atoms with Crippen LogP contribution < -0.4 is 0 Å². The Morgan fingerprint density at radius 1 is 1.56 bits per heavy atom. The van der Waals surface area contributed by atoms with E-state index in [1.54, 1.807) is 0 Å². The lowest BCUT2D eigenvalue weighted by Crippen LogP contribution is -2.25. The molecule has 4 nitrogen and oxygen atoms in total. The minimum atomic E-state index is 0.771. The second kappa shape index (κ2) is 4.48. The first-order valence-corrected chi connectivity index (χ1v) is 6.81. The van der Waals surface area contributed by atoms with Gasteiger partial charge in [0.25, 0.3) is 0 Å². The molecule has 0 saturated heterocycles. The molecule has 0 aromatic carbocycles. The highest BCUT2D eigenvalue weighted by Crippen LogP contribution is 2.25. The number of nitrogens with zero attached hydrogens (tertiary/aromatic N) is 3. The first-order valence-electron chi connectivity index (χ1n) is 6.40. The maximum absolute atomic E-state index is 5.38. The van der Waals surface area contributed by atoms with Crippen LogP contribution in [-0.4, -0.2) is 39.1 Å². The van der Waals surface area contributed by atoms with Crippen molar-refractivity contribution in [1.82, 2.24) is 19.4 Å². The number of nitrogens with one attached hydrogen (secondary N) is 1. The van der Waals surface area contributed by atoms with Crippen LogP contribution in [0.1, 0.15) is 18.4 Å². The second-order valence-corrected chi connectivity index (χ2v) is 5.56. The summed E-state index contributed by atoms with van der Waals surface area (Å²) in [6.07, 6.45) is 4.58. The first kappa shape index (κ1) is 11.9. The molecule has 0 unspecified atom stereocenters. The Morgan fingerprint density at radius 3 is 3.06 bits per heavy atom. The van der Waals surface area contributed by atoms with Gasteiger partial charge in [-0.25, -0.2) is 4.98 Å². The third kappa shape index (κ3) is 2.20. The molecule has 2 heterocycles. The van der Waals surface area contributed by atoms with Gasteiger partial charge in [-0.3, -0.25) is 0 Å². The molecule has 0 aliphatic heterocycles. The molecule has 1 N–H and O–H groups in total. The molecule has 1 fully saturated rings. The molecule has 0 atom stereocenters. The van der Waals surface area contributed by atoms with Crippen LogP contribution in [0, 0.1) is 11.7 Å². The smallest absolute Gasteiger partial charge is 0.179 e. The summed E-state index contributed by atoms with van der Waals surface area (Å²) in [6.45, 7) is 3.98. The maximum Gasteiger partial charge on any atom is 0.179 e. The van der Waals surface area contributed by atoms with Crippen LogP contribution in [0.4, 0.5) is 0 Å². The Bertz CT molecular complexity index is 623. The predicted octanol–water partition coefficient (Wildman–Crippen LogP) is 2.50. The zero-order chi connectivity index (χ0) is 12.7. The van der Waals surface area contributed by atoms with Gasteiger partial charge in [-0.2, -0.15) is 0 Å². The average molecular weight is 262 g/mol. The molecule has 96 valence electrons. The molecule has 0 radical (unpaired) electrons. The third-order valence-corrected chi connectivity index (χ3v) is 3.91. The van der Waals surface area contributed by atoms with Crippen LogP contribution in [0.3, 0.4) is 0 Å². The highest BCUT2D eigenvalue weighted by atomic mass is 32.1. The summed E-state index contributed by atoms with van der Waals surface area (Å²) < 4.78 is 2.87. The number of fused-ring (bicyclic) bond motifs is 1. The Labute approximate surface area is 112 Å². The van der Waals surface area contributed by atoms with Gasteiger partial charge in [0.1, 0.15) is 0 Å². The lowest BCUT2D eigenvalue weighted by molar-refractivity contribution is 0.310. The number of aromatic nitrogens is 3. The van der Waals surface area contributed by atoms with Crippen molar-refractivity contribution in [2.24, 2.45) is 0 Å². The van der Waals surface area contributed by atoms with Gasteiger partial charge in [0.05, 0.1) is 5.52 Å². The van der Waals surface area contributed by atoms with Crippen molar-refractivity contribution in [3.63, 3.8) is 0 Å². The highest BCUT2D eigenvalue weighted by molar-refractivity contribution is 7.71. The Kier molecular flexibility index (Phi) is 2.95. The van der Waals surface area contributed by atoms with Gasteiger partial charge in [0.2, 0.25) is 0 Å². The van der Waals surface area contributed by atoms with Gasteiger partial charge < -0.3 is 14.5 Å². The molecule has 2 aromatic rings. The Morgan fingerprint density at radius 2 is 2.33 bits per heavy atom. The molecule has 5 heteroatoms. The summed E-state index contributed by atoms with van der Waals surface area (Å²) in [5, 5.41) is 0. The van der Waals surface area contributed by atoms with Crippen LogP contribution in [0.15, 0.2) is 12.3 Å². The summed E-state index contributed by atoms with van der Waals surface area (Å²) in [5.41, 5.74) is 3.16. The molecule has 0 amide bonds. The van der Waals surface area contributed by atoms with E-state index in [0.717, 1.165) is 40.6 Å². The van der Waals surface area contributed by atoms with E-state index in [2.05, 4.69) is 32.5 Å². The van der Waals surface area contributed by atoms with Crippen LogP contribution in [0.25, 0.3) is 11.2 Å². The minimum absolute atomic E-state index is 0.771. The van der Waals surface area contributed by atoms with E-state index >= 15 is 0 Å². The van der Waals surface area contributed by atoms with E-state index in [4.69, 9.17) is 12.2 Å². The van der Waals surface area contributed by atoms with E-state index in [0.29, 0.717) is 0 Å². The number of likely N-dealkylation sites (N-methyl/N-ethyl adjacent to an activating group) is 1. The summed E-state index contributed by atoms with van der Waals surface area (Å²) in [7, 11) is 2.19. The summed E-state index contributed by atoms with van der Waals surface area (Å²) in [4.78, 5) is 10.1. The van der Waals surface area contributed by atoms with Crippen LogP contribution in [0.5, 0.6) is 0 Å². The maximum atomic E-state index is 5.38. The van der Waals surface area contributed by atoms with Gasteiger partial charge in [0, 0.05) is 25.3 Å². The molecule has 1 aliphatic carbocycles. The first-order chi connectivity index (χ1) is 8.65. The standard InChI is InChI=1S/C13H18N4S/c1-9-7-11-12(14-8-9)17(13(18)15-11)6-5-16(2)10-3-4-10/h7-8,10H,3-6H2,1-2H3,(H,15,18). The zero-order valence-electron chi connectivity index (χ0n) is 10.8. The number of H-pyrrole nitrogens is 1. The number of hydrogen-bond acceptors (Lipinski definition) is 3. The van der Waals surface area contributed by atoms with Crippen molar-refractivity contribution in [3.05, 3.63) is 22.6 Å². The fourth-order valence-corrected chi connectivity index (χ4v) is 2.60. The Balaban J connectivity index is 1.86. The monoisotopic (exact) mass is 262 g/mol. The summed E-state index contributed by atoms with van der Waals surface area (Å²) >= 11 is 5.38. The van der Waals surface area contributed by atoms with Gasteiger partial charge in [0.15, 0.2) is 10.4 Å². The van der Waals surface area contributed by atoms with Crippen LogP contribution in [0.2, 0.25) is 0 Å². The predicted molar refractivity (Wildman–Crippen MR) is 75.3 cm³/mol. The zero-order valence-corrected chi connectivity index (χ0v) is 11.6. The number of rotatable bonds is 4.